The minimum Gasteiger partial charge on any atom is -0.322 e. The van der Waals surface area contributed by atoms with Gasteiger partial charge in [-0.3, -0.25) is 19.1 Å². The van der Waals surface area contributed by atoms with E-state index in [0.29, 0.717) is 6.54 Å². The largest absolute Gasteiger partial charge is 0.322 e. The topological polar surface area (TPSA) is 68.0 Å². The van der Waals surface area contributed by atoms with Gasteiger partial charge in [0.2, 0.25) is 5.91 Å². The van der Waals surface area contributed by atoms with Crippen molar-refractivity contribution in [2.75, 3.05) is 25.5 Å². The molecule has 7 heteroatoms. The Morgan fingerprint density at radius 3 is 2.65 bits per heavy atom. The van der Waals surface area contributed by atoms with E-state index < -0.39 is 0 Å². The van der Waals surface area contributed by atoms with Crippen molar-refractivity contribution in [2.45, 2.75) is 33.7 Å². The van der Waals surface area contributed by atoms with Crippen molar-refractivity contribution in [2.24, 2.45) is 7.05 Å². The van der Waals surface area contributed by atoms with E-state index in [1.165, 1.54) is 5.69 Å². The zero-order chi connectivity index (χ0) is 17.0. The van der Waals surface area contributed by atoms with Crippen LogP contribution >= 0.6 is 0 Å². The molecular formula is C16H26N6O. The molecule has 2 rings (SSSR count). The number of hydrogen-bond acceptors (Lipinski definition) is 4. The summed E-state index contributed by atoms with van der Waals surface area (Å²) >= 11 is 0. The monoisotopic (exact) mass is 318 g/mol. The molecule has 23 heavy (non-hydrogen) atoms. The van der Waals surface area contributed by atoms with Gasteiger partial charge in [0.1, 0.15) is 0 Å². The number of nitrogens with one attached hydrogen (secondary N) is 1. The van der Waals surface area contributed by atoms with Crippen LogP contribution in [-0.4, -0.2) is 50.5 Å². The third-order valence-electron chi connectivity index (χ3n) is 3.94. The van der Waals surface area contributed by atoms with Crippen molar-refractivity contribution in [3.8, 4) is 0 Å². The molecule has 0 aromatic carbocycles. The molecule has 0 aliphatic rings. The quantitative estimate of drug-likeness (QED) is 0.840. The fourth-order valence-corrected chi connectivity index (χ4v) is 2.53. The standard InChI is InChI=1S/C16H26N6O/c1-12-9-13(2)22(19-12)8-6-7-20(4)11-16(23)18-15-10-17-21(5)14(15)3/h9-10H,6-8,11H2,1-5H3,(H,18,23). The van der Waals surface area contributed by atoms with Gasteiger partial charge in [0.15, 0.2) is 0 Å². The lowest BCUT2D eigenvalue weighted by molar-refractivity contribution is -0.117. The fraction of sp³-hybridized carbons (Fsp3) is 0.562. The van der Waals surface area contributed by atoms with Crippen LogP contribution in [0.3, 0.4) is 0 Å². The normalized spacial score (nSPS) is 11.2. The molecule has 0 atom stereocenters. The molecule has 126 valence electrons. The average Bonchev–Trinajstić information content (AvgIpc) is 2.95. The second kappa shape index (κ2) is 7.41. The molecule has 2 aromatic heterocycles. The van der Waals surface area contributed by atoms with E-state index in [0.717, 1.165) is 36.6 Å². The zero-order valence-corrected chi connectivity index (χ0v) is 14.6. The van der Waals surface area contributed by atoms with Crippen LogP contribution in [0.2, 0.25) is 0 Å². The molecule has 0 spiro atoms. The van der Waals surface area contributed by atoms with Crippen molar-refractivity contribution < 1.29 is 4.79 Å². The van der Waals surface area contributed by atoms with Crippen molar-refractivity contribution in [1.29, 1.82) is 0 Å². The maximum absolute atomic E-state index is 12.1. The first-order valence-electron chi connectivity index (χ1n) is 7.85. The van der Waals surface area contributed by atoms with Crippen LogP contribution in [-0.2, 0) is 18.4 Å². The number of hydrogen-bond donors (Lipinski definition) is 1. The van der Waals surface area contributed by atoms with Gasteiger partial charge >= 0.3 is 0 Å². The number of aromatic nitrogens is 4. The number of amides is 1. The molecule has 0 aliphatic heterocycles. The van der Waals surface area contributed by atoms with E-state index >= 15 is 0 Å². The number of nitrogens with zero attached hydrogens (tertiary/aromatic N) is 5. The summed E-state index contributed by atoms with van der Waals surface area (Å²) in [7, 11) is 3.81. The highest BCUT2D eigenvalue weighted by atomic mass is 16.2. The van der Waals surface area contributed by atoms with Gasteiger partial charge in [-0.15, -0.1) is 0 Å². The number of aryl methyl sites for hydroxylation is 4. The molecular weight excluding hydrogens is 292 g/mol. The summed E-state index contributed by atoms with van der Waals surface area (Å²) in [4.78, 5) is 14.1. The predicted octanol–water partition coefficient (Wildman–Crippen LogP) is 1.50. The van der Waals surface area contributed by atoms with Gasteiger partial charge in [-0.1, -0.05) is 0 Å². The molecule has 2 aromatic rings. The molecule has 7 nitrogen and oxygen atoms in total. The van der Waals surface area contributed by atoms with Crippen molar-refractivity contribution in [3.05, 3.63) is 29.3 Å². The SMILES string of the molecule is Cc1cc(C)n(CCCN(C)CC(=O)Nc2cnn(C)c2C)n1. The van der Waals surface area contributed by atoms with E-state index in [9.17, 15) is 4.79 Å². The van der Waals surface area contributed by atoms with Crippen molar-refractivity contribution in [1.82, 2.24) is 24.5 Å². The van der Waals surface area contributed by atoms with Crippen LogP contribution in [0.25, 0.3) is 0 Å². The number of anilines is 1. The Hall–Kier alpha value is -2.15. The van der Waals surface area contributed by atoms with E-state index in [-0.39, 0.29) is 5.91 Å². The maximum atomic E-state index is 12.1. The molecule has 0 bridgehead atoms. The van der Waals surface area contributed by atoms with Gasteiger partial charge in [-0.2, -0.15) is 10.2 Å². The second-order valence-electron chi connectivity index (χ2n) is 6.06. The van der Waals surface area contributed by atoms with E-state index in [1.54, 1.807) is 10.9 Å². The van der Waals surface area contributed by atoms with Gasteiger partial charge < -0.3 is 5.32 Å². The van der Waals surface area contributed by atoms with Crippen LogP contribution in [0.4, 0.5) is 5.69 Å². The minimum atomic E-state index is -0.0188. The first kappa shape index (κ1) is 17.2. The zero-order valence-electron chi connectivity index (χ0n) is 14.6. The molecule has 0 unspecified atom stereocenters. The molecule has 0 saturated carbocycles. The Bertz CT molecular complexity index is 672. The van der Waals surface area contributed by atoms with Crippen LogP contribution in [0.15, 0.2) is 12.3 Å². The van der Waals surface area contributed by atoms with Crippen molar-refractivity contribution >= 4 is 11.6 Å². The third kappa shape index (κ3) is 4.66. The van der Waals surface area contributed by atoms with Crippen LogP contribution in [0, 0.1) is 20.8 Å². The minimum absolute atomic E-state index is 0.0188. The second-order valence-corrected chi connectivity index (χ2v) is 6.06. The molecule has 0 saturated heterocycles. The van der Waals surface area contributed by atoms with Gasteiger partial charge in [0, 0.05) is 25.8 Å². The molecule has 0 aliphatic carbocycles. The Morgan fingerprint density at radius 1 is 1.35 bits per heavy atom. The summed E-state index contributed by atoms with van der Waals surface area (Å²) in [6, 6.07) is 2.08. The molecule has 1 N–H and O–H groups in total. The summed E-state index contributed by atoms with van der Waals surface area (Å²) in [6.45, 7) is 8.07. The summed E-state index contributed by atoms with van der Waals surface area (Å²) in [6.07, 6.45) is 2.63. The Kier molecular flexibility index (Phi) is 5.54. The number of likely N-dealkylation sites (N-methyl/N-ethyl adjacent to an activating group) is 1. The number of rotatable bonds is 7. The first-order valence-corrected chi connectivity index (χ1v) is 7.85. The third-order valence-corrected chi connectivity index (χ3v) is 3.94. The Balaban J connectivity index is 1.74. The van der Waals surface area contributed by atoms with Gasteiger partial charge in [-0.05, 0) is 40.3 Å². The number of carbonyl (C=O) groups is 1. The Morgan fingerprint density at radius 2 is 2.09 bits per heavy atom. The van der Waals surface area contributed by atoms with Crippen molar-refractivity contribution in [3.63, 3.8) is 0 Å². The predicted molar refractivity (Wildman–Crippen MR) is 90.4 cm³/mol. The average molecular weight is 318 g/mol. The lowest BCUT2D eigenvalue weighted by atomic mass is 10.3. The van der Waals surface area contributed by atoms with Gasteiger partial charge in [0.25, 0.3) is 0 Å². The van der Waals surface area contributed by atoms with Crippen LogP contribution < -0.4 is 5.32 Å². The lowest BCUT2D eigenvalue weighted by Crippen LogP contribution is -2.31. The summed E-state index contributed by atoms with van der Waals surface area (Å²) < 4.78 is 3.76. The smallest absolute Gasteiger partial charge is 0.238 e. The number of carbonyl (C=O) groups excluding carboxylic acids is 1. The molecule has 0 radical (unpaired) electrons. The van der Waals surface area contributed by atoms with Gasteiger partial charge in [0.05, 0.1) is 29.8 Å². The first-order chi connectivity index (χ1) is 10.9. The maximum Gasteiger partial charge on any atom is 0.238 e. The summed E-state index contributed by atoms with van der Waals surface area (Å²) in [5.41, 5.74) is 3.94. The Labute approximate surface area is 137 Å². The van der Waals surface area contributed by atoms with Crippen LogP contribution in [0.5, 0.6) is 0 Å². The highest BCUT2D eigenvalue weighted by Gasteiger charge is 2.10. The summed E-state index contributed by atoms with van der Waals surface area (Å²) in [5.74, 6) is -0.0188. The highest BCUT2D eigenvalue weighted by molar-refractivity contribution is 5.92. The van der Waals surface area contributed by atoms with E-state index in [1.807, 2.05) is 37.5 Å². The molecule has 2 heterocycles. The van der Waals surface area contributed by atoms with E-state index in [2.05, 4.69) is 28.5 Å². The lowest BCUT2D eigenvalue weighted by Gasteiger charge is -2.16. The molecule has 0 fully saturated rings. The summed E-state index contributed by atoms with van der Waals surface area (Å²) in [5, 5.41) is 11.5. The fourth-order valence-electron chi connectivity index (χ4n) is 2.53. The van der Waals surface area contributed by atoms with Crippen LogP contribution in [0.1, 0.15) is 23.5 Å². The van der Waals surface area contributed by atoms with E-state index in [4.69, 9.17) is 0 Å². The molecule has 1 amide bonds. The highest BCUT2D eigenvalue weighted by Crippen LogP contribution is 2.11. The van der Waals surface area contributed by atoms with Gasteiger partial charge in [-0.25, -0.2) is 0 Å².